The number of methoxy groups -OCH3 is 5. The lowest BCUT2D eigenvalue weighted by Gasteiger charge is -2.26. The molecule has 1 aliphatic rings. The molecule has 0 spiro atoms. The van der Waals surface area contributed by atoms with Crippen LogP contribution in [0.2, 0.25) is 0 Å². The molecular formula is C25H26O6. The van der Waals surface area contributed by atoms with E-state index in [0.29, 0.717) is 35.4 Å². The van der Waals surface area contributed by atoms with Crippen LogP contribution in [0.3, 0.4) is 0 Å². The van der Waals surface area contributed by atoms with Gasteiger partial charge in [0.25, 0.3) is 0 Å². The molecule has 0 amide bonds. The van der Waals surface area contributed by atoms with Crippen molar-refractivity contribution in [2.45, 2.75) is 12.5 Å². The van der Waals surface area contributed by atoms with Gasteiger partial charge in [-0.05, 0) is 12.1 Å². The van der Waals surface area contributed by atoms with E-state index in [0.717, 1.165) is 28.0 Å². The summed E-state index contributed by atoms with van der Waals surface area (Å²) in [6.45, 7) is 0.386. The normalized spacial score (nSPS) is 14.4. The smallest absolute Gasteiger partial charge is 0.130 e. The van der Waals surface area contributed by atoms with Gasteiger partial charge in [-0.3, -0.25) is 0 Å². The van der Waals surface area contributed by atoms with Gasteiger partial charge in [0, 0.05) is 46.4 Å². The molecule has 0 saturated carbocycles. The molecule has 0 saturated heterocycles. The topological polar surface area (TPSA) is 55.4 Å². The summed E-state index contributed by atoms with van der Waals surface area (Å²) in [4.78, 5) is 0. The van der Waals surface area contributed by atoms with E-state index in [1.807, 2.05) is 42.5 Å². The molecule has 0 bridgehead atoms. The van der Waals surface area contributed by atoms with Gasteiger partial charge in [-0.15, -0.1) is 0 Å². The van der Waals surface area contributed by atoms with E-state index in [-0.39, 0.29) is 5.92 Å². The summed E-state index contributed by atoms with van der Waals surface area (Å²) >= 11 is 0. The van der Waals surface area contributed by atoms with E-state index in [9.17, 15) is 0 Å². The van der Waals surface area contributed by atoms with E-state index in [4.69, 9.17) is 28.4 Å². The molecule has 3 aromatic carbocycles. The van der Waals surface area contributed by atoms with E-state index in [1.165, 1.54) is 0 Å². The molecule has 0 radical (unpaired) electrons. The minimum Gasteiger partial charge on any atom is -0.497 e. The largest absolute Gasteiger partial charge is 0.497 e. The van der Waals surface area contributed by atoms with Gasteiger partial charge in [-0.1, -0.05) is 18.2 Å². The average molecular weight is 422 g/mol. The molecule has 0 aliphatic carbocycles. The van der Waals surface area contributed by atoms with Gasteiger partial charge in [0.15, 0.2) is 0 Å². The molecule has 1 aliphatic heterocycles. The van der Waals surface area contributed by atoms with Crippen LogP contribution in [0.15, 0.2) is 48.5 Å². The molecule has 3 aromatic rings. The Hall–Kier alpha value is -3.54. The number of hydrogen-bond donors (Lipinski definition) is 0. The maximum absolute atomic E-state index is 6.20. The Kier molecular flexibility index (Phi) is 5.80. The highest BCUT2D eigenvalue weighted by molar-refractivity contribution is 5.65. The highest BCUT2D eigenvalue weighted by Gasteiger charge is 2.34. The van der Waals surface area contributed by atoms with Gasteiger partial charge >= 0.3 is 0 Å². The second kappa shape index (κ2) is 8.68. The Morgan fingerprint density at radius 3 is 1.81 bits per heavy atom. The van der Waals surface area contributed by atoms with E-state index in [1.54, 1.807) is 35.5 Å². The van der Waals surface area contributed by atoms with Gasteiger partial charge in [0.2, 0.25) is 0 Å². The first-order chi connectivity index (χ1) is 15.1. The zero-order chi connectivity index (χ0) is 22.0. The van der Waals surface area contributed by atoms with Crippen LogP contribution >= 0.6 is 0 Å². The van der Waals surface area contributed by atoms with Gasteiger partial charge in [-0.2, -0.15) is 0 Å². The summed E-state index contributed by atoms with van der Waals surface area (Å²) in [5.74, 6) is 3.91. The van der Waals surface area contributed by atoms with Crippen molar-refractivity contribution in [3.8, 4) is 34.5 Å². The van der Waals surface area contributed by atoms with Crippen molar-refractivity contribution in [3.63, 3.8) is 0 Å². The zero-order valence-electron chi connectivity index (χ0n) is 18.4. The predicted octanol–water partition coefficient (Wildman–Crippen LogP) is 4.80. The lowest BCUT2D eigenvalue weighted by atomic mass is 9.81. The third-order valence-corrected chi connectivity index (χ3v) is 5.60. The van der Waals surface area contributed by atoms with Crippen LogP contribution in [0.4, 0.5) is 0 Å². The minimum absolute atomic E-state index is 0.259. The van der Waals surface area contributed by atoms with Gasteiger partial charge in [0.1, 0.15) is 41.1 Å². The second-order valence-corrected chi connectivity index (χ2v) is 7.11. The van der Waals surface area contributed by atoms with E-state index in [2.05, 4.69) is 6.07 Å². The van der Waals surface area contributed by atoms with Gasteiger partial charge in [0.05, 0.1) is 35.5 Å². The molecule has 6 heteroatoms. The first-order valence-corrected chi connectivity index (χ1v) is 9.91. The summed E-state index contributed by atoms with van der Waals surface area (Å²) in [6, 6.07) is 15.6. The Bertz CT molecular complexity index is 1070. The first kappa shape index (κ1) is 20.7. The Balaban J connectivity index is 2.09. The lowest BCUT2D eigenvalue weighted by molar-refractivity contribution is 0.305. The van der Waals surface area contributed by atoms with Crippen molar-refractivity contribution in [3.05, 3.63) is 70.8 Å². The zero-order valence-corrected chi connectivity index (χ0v) is 18.4. The molecule has 162 valence electrons. The average Bonchev–Trinajstić information content (AvgIpc) is 2.99. The fraction of sp³-hybridized carbons (Fsp3) is 0.280. The van der Waals surface area contributed by atoms with E-state index < -0.39 is 0 Å². The van der Waals surface area contributed by atoms with Crippen LogP contribution in [-0.4, -0.2) is 35.5 Å². The minimum atomic E-state index is -0.259. The van der Waals surface area contributed by atoms with Crippen molar-refractivity contribution in [2.24, 2.45) is 0 Å². The Morgan fingerprint density at radius 1 is 0.677 bits per heavy atom. The second-order valence-electron chi connectivity index (χ2n) is 7.11. The first-order valence-electron chi connectivity index (χ1n) is 9.91. The summed E-state index contributed by atoms with van der Waals surface area (Å²) in [7, 11) is 8.20. The fourth-order valence-corrected chi connectivity index (χ4v) is 4.17. The van der Waals surface area contributed by atoms with Crippen LogP contribution in [0.25, 0.3) is 0 Å². The van der Waals surface area contributed by atoms with Crippen LogP contribution in [0.5, 0.6) is 34.5 Å². The molecule has 1 heterocycles. The monoisotopic (exact) mass is 422 g/mol. The van der Waals surface area contributed by atoms with Crippen molar-refractivity contribution >= 4 is 0 Å². The van der Waals surface area contributed by atoms with Crippen molar-refractivity contribution in [2.75, 3.05) is 35.5 Å². The van der Waals surface area contributed by atoms with Gasteiger partial charge in [-0.25, -0.2) is 0 Å². The molecule has 0 aromatic heterocycles. The Labute approximate surface area is 182 Å². The third-order valence-electron chi connectivity index (χ3n) is 5.60. The Morgan fingerprint density at radius 2 is 1.23 bits per heavy atom. The summed E-state index contributed by atoms with van der Waals surface area (Å²) in [6.07, 6.45) is 0. The third kappa shape index (κ3) is 3.58. The number of para-hydroxylation sites is 1. The molecular weight excluding hydrogens is 396 g/mol. The highest BCUT2D eigenvalue weighted by atomic mass is 16.5. The number of rotatable bonds is 6. The van der Waals surface area contributed by atoms with Crippen LogP contribution in [0.1, 0.15) is 28.2 Å². The van der Waals surface area contributed by atoms with Crippen LogP contribution in [-0.2, 0) is 6.61 Å². The molecule has 6 nitrogen and oxygen atoms in total. The molecule has 0 N–H and O–H groups in total. The van der Waals surface area contributed by atoms with Crippen LogP contribution < -0.4 is 28.4 Å². The number of ether oxygens (including phenoxy) is 6. The standard InChI is InChI=1S/C25H26O6/c1-26-16-10-15-14-31-19-9-7-6-8-18(19)24(23(15)20(11-16)28-3)25-21(29-4)12-17(27-2)13-22(25)30-5/h6-13,24H,14H2,1-5H3. The summed E-state index contributed by atoms with van der Waals surface area (Å²) < 4.78 is 34.6. The fourth-order valence-electron chi connectivity index (χ4n) is 4.17. The number of hydrogen-bond acceptors (Lipinski definition) is 6. The summed E-state index contributed by atoms with van der Waals surface area (Å²) in [5, 5.41) is 0. The van der Waals surface area contributed by atoms with E-state index >= 15 is 0 Å². The molecule has 4 rings (SSSR count). The molecule has 1 unspecified atom stereocenters. The quantitative estimate of drug-likeness (QED) is 0.569. The molecule has 1 atom stereocenters. The van der Waals surface area contributed by atoms with Crippen molar-refractivity contribution in [1.29, 1.82) is 0 Å². The van der Waals surface area contributed by atoms with Crippen LogP contribution in [0, 0.1) is 0 Å². The van der Waals surface area contributed by atoms with Gasteiger partial charge < -0.3 is 28.4 Å². The van der Waals surface area contributed by atoms with Crippen molar-refractivity contribution in [1.82, 2.24) is 0 Å². The highest BCUT2D eigenvalue weighted by Crippen LogP contribution is 2.52. The number of fused-ring (bicyclic) bond motifs is 2. The van der Waals surface area contributed by atoms with Crippen molar-refractivity contribution < 1.29 is 28.4 Å². The molecule has 0 fully saturated rings. The maximum Gasteiger partial charge on any atom is 0.130 e. The summed E-state index contributed by atoms with van der Waals surface area (Å²) in [5.41, 5.74) is 3.81. The predicted molar refractivity (Wildman–Crippen MR) is 117 cm³/mol. The lowest BCUT2D eigenvalue weighted by Crippen LogP contribution is -2.11. The number of benzene rings is 3. The SMILES string of the molecule is COc1cc2c(c(OC)c1)C(c1c(OC)cc(OC)cc1OC)c1ccccc1OC2. The maximum atomic E-state index is 6.20. The molecule has 31 heavy (non-hydrogen) atoms.